The van der Waals surface area contributed by atoms with E-state index in [1.165, 1.54) is 12.1 Å². The third-order valence-corrected chi connectivity index (χ3v) is 5.40. The number of amides is 1. The molecule has 0 atom stereocenters. The zero-order valence-electron chi connectivity index (χ0n) is 16.9. The number of para-hydroxylation sites is 1. The first-order valence-corrected chi connectivity index (χ1v) is 9.75. The standard InChI is InChI=1S/C23H26FNO4/c1-22(2,3)20(26)25-19-17(24)7-6-8-18(19)29-16-11-9-15(10-12-16)23(21(27)28)13-4-5-14-23/h6-12H,4-5,13-14H2,1-3H3,(H,25,26)(H,27,28). The number of aliphatic carboxylic acids is 1. The van der Waals surface area contributed by atoms with E-state index in [9.17, 15) is 19.1 Å². The molecule has 0 saturated heterocycles. The maximum Gasteiger partial charge on any atom is 0.314 e. The number of carboxylic acid groups (broad SMARTS) is 1. The summed E-state index contributed by atoms with van der Waals surface area (Å²) in [4.78, 5) is 24.1. The molecule has 2 aromatic carbocycles. The van der Waals surface area contributed by atoms with Crippen molar-refractivity contribution in [2.75, 3.05) is 5.32 Å². The van der Waals surface area contributed by atoms with Gasteiger partial charge in [0.1, 0.15) is 11.4 Å². The first-order valence-electron chi connectivity index (χ1n) is 9.75. The van der Waals surface area contributed by atoms with Crippen LogP contribution in [0.4, 0.5) is 10.1 Å². The number of rotatable bonds is 5. The number of hydrogen-bond donors (Lipinski definition) is 2. The number of carboxylic acids is 1. The molecule has 0 unspecified atom stereocenters. The Morgan fingerprint density at radius 1 is 1.07 bits per heavy atom. The Kier molecular flexibility index (Phi) is 5.64. The largest absolute Gasteiger partial charge is 0.481 e. The zero-order valence-corrected chi connectivity index (χ0v) is 16.9. The van der Waals surface area contributed by atoms with Crippen LogP contribution in [0.5, 0.6) is 11.5 Å². The van der Waals surface area contributed by atoms with Crippen molar-refractivity contribution >= 4 is 17.6 Å². The Morgan fingerprint density at radius 3 is 2.24 bits per heavy atom. The van der Waals surface area contributed by atoms with Gasteiger partial charge in [0.05, 0.1) is 5.41 Å². The number of ether oxygens (including phenoxy) is 1. The molecule has 1 aliphatic carbocycles. The second kappa shape index (κ2) is 7.85. The first kappa shape index (κ1) is 20.8. The Morgan fingerprint density at radius 2 is 1.69 bits per heavy atom. The van der Waals surface area contributed by atoms with Gasteiger partial charge in [-0.05, 0) is 42.7 Å². The normalized spacial score (nSPS) is 15.7. The van der Waals surface area contributed by atoms with E-state index in [0.29, 0.717) is 18.6 Å². The van der Waals surface area contributed by atoms with Gasteiger partial charge in [-0.2, -0.15) is 0 Å². The second-order valence-corrected chi connectivity index (χ2v) is 8.54. The molecule has 0 heterocycles. The summed E-state index contributed by atoms with van der Waals surface area (Å²) >= 11 is 0. The van der Waals surface area contributed by atoms with E-state index in [-0.39, 0.29) is 17.3 Å². The molecule has 1 amide bonds. The molecular weight excluding hydrogens is 373 g/mol. The Balaban J connectivity index is 1.85. The molecule has 1 saturated carbocycles. The lowest BCUT2D eigenvalue weighted by Gasteiger charge is -2.24. The third-order valence-electron chi connectivity index (χ3n) is 5.40. The molecule has 5 nitrogen and oxygen atoms in total. The molecule has 3 rings (SSSR count). The van der Waals surface area contributed by atoms with Crippen molar-refractivity contribution in [2.24, 2.45) is 5.41 Å². The highest BCUT2D eigenvalue weighted by Crippen LogP contribution is 2.42. The number of benzene rings is 2. The van der Waals surface area contributed by atoms with Crippen LogP contribution in [0.15, 0.2) is 42.5 Å². The van der Waals surface area contributed by atoms with E-state index >= 15 is 0 Å². The summed E-state index contributed by atoms with van der Waals surface area (Å²) in [5.74, 6) is -1.10. The molecule has 6 heteroatoms. The summed E-state index contributed by atoms with van der Waals surface area (Å²) in [6.07, 6.45) is 3.03. The first-order chi connectivity index (χ1) is 13.6. The number of hydrogen-bond acceptors (Lipinski definition) is 3. The van der Waals surface area contributed by atoms with E-state index in [1.54, 1.807) is 51.1 Å². The van der Waals surface area contributed by atoms with Gasteiger partial charge in [0, 0.05) is 5.41 Å². The van der Waals surface area contributed by atoms with Crippen LogP contribution in [-0.2, 0) is 15.0 Å². The molecule has 1 aliphatic rings. The predicted molar refractivity (Wildman–Crippen MR) is 109 cm³/mol. The molecule has 1 fully saturated rings. The van der Waals surface area contributed by atoms with Crippen LogP contribution in [0.25, 0.3) is 0 Å². The summed E-state index contributed by atoms with van der Waals surface area (Å²) < 4.78 is 20.2. The minimum atomic E-state index is -0.844. The maximum absolute atomic E-state index is 14.3. The van der Waals surface area contributed by atoms with Gasteiger partial charge in [0.25, 0.3) is 0 Å². The smallest absolute Gasteiger partial charge is 0.314 e. The van der Waals surface area contributed by atoms with Crippen LogP contribution in [0.2, 0.25) is 0 Å². The topological polar surface area (TPSA) is 75.6 Å². The fourth-order valence-electron chi connectivity index (χ4n) is 3.59. The third kappa shape index (κ3) is 4.26. The van der Waals surface area contributed by atoms with Crippen molar-refractivity contribution in [1.82, 2.24) is 0 Å². The highest BCUT2D eigenvalue weighted by molar-refractivity contribution is 5.96. The fraction of sp³-hybridized carbons (Fsp3) is 0.391. The lowest BCUT2D eigenvalue weighted by molar-refractivity contribution is -0.143. The highest BCUT2D eigenvalue weighted by Gasteiger charge is 2.42. The zero-order chi connectivity index (χ0) is 21.2. The summed E-state index contributed by atoms with van der Waals surface area (Å²) in [6, 6.07) is 11.2. The quantitative estimate of drug-likeness (QED) is 0.696. The van der Waals surface area contributed by atoms with Crippen LogP contribution in [0, 0.1) is 11.2 Å². The minimum absolute atomic E-state index is 0.0192. The van der Waals surface area contributed by atoms with Crippen molar-refractivity contribution in [3.63, 3.8) is 0 Å². The van der Waals surface area contributed by atoms with Gasteiger partial charge in [0.2, 0.25) is 5.91 Å². The van der Waals surface area contributed by atoms with Crippen molar-refractivity contribution in [3.8, 4) is 11.5 Å². The molecular formula is C23H26FNO4. The van der Waals surface area contributed by atoms with Crippen LogP contribution in [0.3, 0.4) is 0 Å². The molecule has 0 aliphatic heterocycles. The van der Waals surface area contributed by atoms with Crippen molar-refractivity contribution < 1.29 is 23.8 Å². The van der Waals surface area contributed by atoms with Crippen LogP contribution in [0.1, 0.15) is 52.0 Å². The average molecular weight is 399 g/mol. The molecule has 154 valence electrons. The molecule has 0 radical (unpaired) electrons. The van der Waals surface area contributed by atoms with E-state index < -0.39 is 22.6 Å². The fourth-order valence-corrected chi connectivity index (χ4v) is 3.59. The Bertz CT molecular complexity index is 909. The summed E-state index contributed by atoms with van der Waals surface area (Å²) in [6.45, 7) is 5.22. The number of carbonyl (C=O) groups is 2. The molecule has 2 aromatic rings. The number of nitrogens with one attached hydrogen (secondary N) is 1. The van der Waals surface area contributed by atoms with Crippen molar-refractivity contribution in [2.45, 2.75) is 51.9 Å². The molecule has 29 heavy (non-hydrogen) atoms. The summed E-state index contributed by atoms with van der Waals surface area (Å²) in [5.41, 5.74) is -0.804. The monoisotopic (exact) mass is 399 g/mol. The molecule has 0 bridgehead atoms. The predicted octanol–water partition coefficient (Wildman–Crippen LogP) is 5.50. The van der Waals surface area contributed by atoms with Gasteiger partial charge in [-0.25, -0.2) is 4.39 Å². The van der Waals surface area contributed by atoms with E-state index in [1.807, 2.05) is 0 Å². The van der Waals surface area contributed by atoms with Crippen molar-refractivity contribution in [1.29, 1.82) is 0 Å². The number of halogens is 1. The van der Waals surface area contributed by atoms with Crippen molar-refractivity contribution in [3.05, 3.63) is 53.8 Å². The SMILES string of the molecule is CC(C)(C)C(=O)Nc1c(F)cccc1Oc1ccc(C2(C(=O)O)CCCC2)cc1. The van der Waals surface area contributed by atoms with E-state index in [2.05, 4.69) is 5.32 Å². The van der Waals surface area contributed by atoms with Gasteiger partial charge in [0.15, 0.2) is 11.6 Å². The minimum Gasteiger partial charge on any atom is -0.481 e. The lowest BCUT2D eigenvalue weighted by atomic mass is 9.79. The van der Waals surface area contributed by atoms with E-state index in [0.717, 1.165) is 18.4 Å². The summed E-state index contributed by atoms with van der Waals surface area (Å²) in [5, 5.41) is 12.3. The van der Waals surface area contributed by atoms with Crippen LogP contribution >= 0.6 is 0 Å². The molecule has 0 spiro atoms. The highest BCUT2D eigenvalue weighted by atomic mass is 19.1. The number of anilines is 1. The maximum atomic E-state index is 14.3. The van der Waals surface area contributed by atoms with Gasteiger partial charge in [-0.3, -0.25) is 9.59 Å². The molecule has 0 aromatic heterocycles. The second-order valence-electron chi connectivity index (χ2n) is 8.54. The van der Waals surface area contributed by atoms with Crippen LogP contribution in [-0.4, -0.2) is 17.0 Å². The summed E-state index contributed by atoms with van der Waals surface area (Å²) in [7, 11) is 0. The van der Waals surface area contributed by atoms with Crippen LogP contribution < -0.4 is 10.1 Å². The van der Waals surface area contributed by atoms with Gasteiger partial charge < -0.3 is 15.2 Å². The Hall–Kier alpha value is -2.89. The van der Waals surface area contributed by atoms with E-state index in [4.69, 9.17) is 4.74 Å². The molecule has 2 N–H and O–H groups in total. The lowest BCUT2D eigenvalue weighted by Crippen LogP contribution is -2.32. The Labute approximate surface area is 169 Å². The van der Waals surface area contributed by atoms with Gasteiger partial charge >= 0.3 is 5.97 Å². The van der Waals surface area contributed by atoms with Gasteiger partial charge in [-0.1, -0.05) is 51.8 Å². The average Bonchev–Trinajstić information content (AvgIpc) is 3.15. The number of carbonyl (C=O) groups excluding carboxylic acids is 1. The van der Waals surface area contributed by atoms with Gasteiger partial charge in [-0.15, -0.1) is 0 Å².